The first kappa shape index (κ1) is 15.5. The van der Waals surface area contributed by atoms with Gasteiger partial charge in [-0.15, -0.1) is 0 Å². The molecule has 20 heavy (non-hydrogen) atoms. The molecule has 0 aromatic heterocycles. The summed E-state index contributed by atoms with van der Waals surface area (Å²) in [5.74, 6) is 0.721. The summed E-state index contributed by atoms with van der Waals surface area (Å²) in [5, 5.41) is 3.45. The Labute approximate surface area is 123 Å². The zero-order chi connectivity index (χ0) is 14.2. The molecule has 1 aliphatic rings. The van der Waals surface area contributed by atoms with Crippen LogP contribution in [0.25, 0.3) is 0 Å². The van der Waals surface area contributed by atoms with Crippen molar-refractivity contribution < 1.29 is 4.74 Å². The highest BCUT2D eigenvalue weighted by atomic mass is 16.5. The summed E-state index contributed by atoms with van der Waals surface area (Å²) in [7, 11) is 0. The zero-order valence-corrected chi connectivity index (χ0v) is 13.0. The minimum atomic E-state index is 0.464. The maximum absolute atomic E-state index is 6.14. The molecule has 112 valence electrons. The lowest BCUT2D eigenvalue weighted by molar-refractivity contribution is -0.0154. The lowest BCUT2D eigenvalue weighted by Crippen LogP contribution is -2.25. The van der Waals surface area contributed by atoms with Crippen LogP contribution in [0.4, 0.5) is 0 Å². The number of ether oxygens (including phenoxy) is 1. The van der Waals surface area contributed by atoms with E-state index in [1.54, 1.807) is 0 Å². The van der Waals surface area contributed by atoms with Crippen molar-refractivity contribution in [2.45, 2.75) is 65.2 Å². The van der Waals surface area contributed by atoms with E-state index in [9.17, 15) is 0 Å². The van der Waals surface area contributed by atoms with Gasteiger partial charge in [-0.1, -0.05) is 51.0 Å². The van der Waals surface area contributed by atoms with Gasteiger partial charge in [0.05, 0.1) is 12.7 Å². The third-order valence-corrected chi connectivity index (χ3v) is 4.24. The van der Waals surface area contributed by atoms with E-state index in [2.05, 4.69) is 43.4 Å². The van der Waals surface area contributed by atoms with Crippen LogP contribution in [0.3, 0.4) is 0 Å². The van der Waals surface area contributed by atoms with Gasteiger partial charge in [-0.3, -0.25) is 0 Å². The highest BCUT2D eigenvalue weighted by Gasteiger charge is 2.21. The molecule has 2 rings (SSSR count). The van der Waals surface area contributed by atoms with E-state index in [1.165, 1.54) is 43.2 Å². The summed E-state index contributed by atoms with van der Waals surface area (Å²) < 4.78 is 6.14. The van der Waals surface area contributed by atoms with Crippen LogP contribution in [-0.4, -0.2) is 12.6 Å². The van der Waals surface area contributed by atoms with Crippen LogP contribution >= 0.6 is 0 Å². The Morgan fingerprint density at radius 1 is 1.20 bits per heavy atom. The Kier molecular flexibility index (Phi) is 6.55. The Morgan fingerprint density at radius 3 is 2.80 bits per heavy atom. The van der Waals surface area contributed by atoms with Crippen LogP contribution < -0.4 is 5.32 Å². The molecule has 1 aliphatic carbocycles. The minimum absolute atomic E-state index is 0.464. The summed E-state index contributed by atoms with van der Waals surface area (Å²) in [6.07, 6.45) is 6.91. The molecule has 0 spiro atoms. The molecule has 1 aromatic carbocycles. The highest BCUT2D eigenvalue weighted by Crippen LogP contribution is 2.27. The fourth-order valence-corrected chi connectivity index (χ4v) is 2.97. The van der Waals surface area contributed by atoms with Crippen molar-refractivity contribution in [1.29, 1.82) is 0 Å². The summed E-state index contributed by atoms with van der Waals surface area (Å²) in [6.45, 7) is 7.33. The van der Waals surface area contributed by atoms with E-state index in [-0.39, 0.29) is 0 Å². The predicted octanol–water partition coefficient (Wildman–Crippen LogP) is 4.28. The SMILES string of the molecule is CCCNCc1cccc(COC2CCCCC2C)c1. The van der Waals surface area contributed by atoms with Gasteiger partial charge in [-0.05, 0) is 42.9 Å². The van der Waals surface area contributed by atoms with Gasteiger partial charge in [-0.2, -0.15) is 0 Å². The smallest absolute Gasteiger partial charge is 0.0720 e. The number of rotatable bonds is 7. The minimum Gasteiger partial charge on any atom is -0.373 e. The summed E-state index contributed by atoms with van der Waals surface area (Å²) in [6, 6.07) is 8.79. The lowest BCUT2D eigenvalue weighted by atomic mass is 9.88. The second-order valence-corrected chi connectivity index (χ2v) is 6.11. The van der Waals surface area contributed by atoms with Crippen LogP contribution in [-0.2, 0) is 17.9 Å². The maximum Gasteiger partial charge on any atom is 0.0720 e. The standard InChI is InChI=1S/C18H29NO/c1-3-11-19-13-16-8-6-9-17(12-16)14-20-18-10-5-4-7-15(18)2/h6,8-9,12,15,18-19H,3-5,7,10-11,13-14H2,1-2H3. The average molecular weight is 275 g/mol. The van der Waals surface area contributed by atoms with Crippen molar-refractivity contribution in [3.05, 3.63) is 35.4 Å². The van der Waals surface area contributed by atoms with Crippen molar-refractivity contribution in [3.63, 3.8) is 0 Å². The highest BCUT2D eigenvalue weighted by molar-refractivity contribution is 5.22. The zero-order valence-electron chi connectivity index (χ0n) is 13.0. The molecule has 1 aromatic rings. The van der Waals surface area contributed by atoms with Gasteiger partial charge in [0.1, 0.15) is 0 Å². The first-order valence-electron chi connectivity index (χ1n) is 8.19. The molecule has 2 heteroatoms. The number of nitrogens with one attached hydrogen (secondary N) is 1. The van der Waals surface area contributed by atoms with E-state index in [1.807, 2.05) is 0 Å². The molecule has 1 N–H and O–H groups in total. The van der Waals surface area contributed by atoms with Crippen LogP contribution in [0, 0.1) is 5.92 Å². The molecule has 0 heterocycles. The second kappa shape index (κ2) is 8.43. The molecule has 0 bridgehead atoms. The quantitative estimate of drug-likeness (QED) is 0.750. The molecule has 2 atom stereocenters. The third kappa shape index (κ3) is 4.92. The lowest BCUT2D eigenvalue weighted by Gasteiger charge is -2.28. The molecule has 1 saturated carbocycles. The number of hydrogen-bond acceptors (Lipinski definition) is 2. The molecule has 1 fully saturated rings. The monoisotopic (exact) mass is 275 g/mol. The van der Waals surface area contributed by atoms with Crippen molar-refractivity contribution >= 4 is 0 Å². The van der Waals surface area contributed by atoms with Crippen LogP contribution in [0.5, 0.6) is 0 Å². The van der Waals surface area contributed by atoms with Crippen LogP contribution in [0.15, 0.2) is 24.3 Å². The number of hydrogen-bond donors (Lipinski definition) is 1. The van der Waals surface area contributed by atoms with E-state index in [0.717, 1.165) is 25.6 Å². The van der Waals surface area contributed by atoms with E-state index < -0.39 is 0 Å². The molecule has 0 amide bonds. The summed E-state index contributed by atoms with van der Waals surface area (Å²) >= 11 is 0. The van der Waals surface area contributed by atoms with Crippen molar-refractivity contribution in [2.75, 3.05) is 6.54 Å². The Balaban J connectivity index is 1.81. The molecular weight excluding hydrogens is 246 g/mol. The largest absolute Gasteiger partial charge is 0.373 e. The average Bonchev–Trinajstić information content (AvgIpc) is 2.47. The van der Waals surface area contributed by atoms with Crippen molar-refractivity contribution in [3.8, 4) is 0 Å². The van der Waals surface area contributed by atoms with Gasteiger partial charge >= 0.3 is 0 Å². The van der Waals surface area contributed by atoms with Gasteiger partial charge in [-0.25, -0.2) is 0 Å². The van der Waals surface area contributed by atoms with Crippen LogP contribution in [0.1, 0.15) is 57.1 Å². The van der Waals surface area contributed by atoms with Gasteiger partial charge in [0.2, 0.25) is 0 Å². The third-order valence-electron chi connectivity index (χ3n) is 4.24. The summed E-state index contributed by atoms with van der Waals surface area (Å²) in [4.78, 5) is 0. The van der Waals surface area contributed by atoms with Crippen molar-refractivity contribution in [1.82, 2.24) is 5.32 Å². The van der Waals surface area contributed by atoms with E-state index >= 15 is 0 Å². The fourth-order valence-electron chi connectivity index (χ4n) is 2.97. The molecule has 0 saturated heterocycles. The molecule has 0 radical (unpaired) electrons. The van der Waals surface area contributed by atoms with E-state index in [4.69, 9.17) is 4.74 Å². The second-order valence-electron chi connectivity index (χ2n) is 6.11. The molecular formula is C18H29NO. The van der Waals surface area contributed by atoms with Gasteiger partial charge in [0.15, 0.2) is 0 Å². The Hall–Kier alpha value is -0.860. The topological polar surface area (TPSA) is 21.3 Å². The van der Waals surface area contributed by atoms with Crippen LogP contribution in [0.2, 0.25) is 0 Å². The molecule has 0 aliphatic heterocycles. The first-order chi connectivity index (χ1) is 9.79. The normalized spacial score (nSPS) is 22.9. The Bertz CT molecular complexity index is 391. The molecule has 2 unspecified atom stereocenters. The summed E-state index contributed by atoms with van der Waals surface area (Å²) in [5.41, 5.74) is 2.66. The van der Waals surface area contributed by atoms with Gasteiger partial charge in [0, 0.05) is 6.54 Å². The predicted molar refractivity (Wildman–Crippen MR) is 84.6 cm³/mol. The van der Waals surface area contributed by atoms with Crippen molar-refractivity contribution in [2.24, 2.45) is 5.92 Å². The fraction of sp³-hybridized carbons (Fsp3) is 0.667. The van der Waals surface area contributed by atoms with Gasteiger partial charge < -0.3 is 10.1 Å². The molecule has 2 nitrogen and oxygen atoms in total. The van der Waals surface area contributed by atoms with Gasteiger partial charge in [0.25, 0.3) is 0 Å². The number of benzene rings is 1. The first-order valence-corrected chi connectivity index (χ1v) is 8.19. The Morgan fingerprint density at radius 2 is 2.00 bits per heavy atom. The van der Waals surface area contributed by atoms with E-state index in [0.29, 0.717) is 6.10 Å². The maximum atomic E-state index is 6.14.